The predicted octanol–water partition coefficient (Wildman–Crippen LogP) is 3.16. The van der Waals surface area contributed by atoms with Crippen LogP contribution in [-0.4, -0.2) is 21.9 Å². The van der Waals surface area contributed by atoms with Gasteiger partial charge >= 0.3 is 0 Å². The molecule has 0 radical (unpaired) electrons. The minimum Gasteiger partial charge on any atom is -0.369 e. The fourth-order valence-corrected chi connectivity index (χ4v) is 3.50. The SMILES string of the molecule is C=C1CC(OC)(c2nncn2C)C1c1cccc(Br)c1. The Morgan fingerprint density at radius 3 is 2.85 bits per heavy atom. The standard InChI is InChI=1S/C15H16BrN3O/c1-10-8-15(20-3,14-18-17-9-19(14)2)13(10)11-5-4-6-12(16)7-11/h4-7,9,13H,1,8H2,2-3H3. The number of ether oxygens (including phenoxy) is 1. The van der Waals surface area contributed by atoms with Crippen LogP contribution in [0.5, 0.6) is 0 Å². The van der Waals surface area contributed by atoms with E-state index in [1.807, 2.05) is 23.7 Å². The third kappa shape index (κ3) is 1.84. The first kappa shape index (κ1) is 13.5. The largest absolute Gasteiger partial charge is 0.369 e. The molecule has 2 aromatic rings. The average Bonchev–Trinajstić information content (AvgIpc) is 2.82. The highest BCUT2D eigenvalue weighted by molar-refractivity contribution is 9.10. The summed E-state index contributed by atoms with van der Waals surface area (Å²) in [6.07, 6.45) is 2.47. The number of aryl methyl sites for hydroxylation is 1. The Kier molecular flexibility index (Phi) is 3.26. The molecule has 1 fully saturated rings. The molecule has 1 saturated carbocycles. The van der Waals surface area contributed by atoms with Gasteiger partial charge in [0.05, 0.1) is 0 Å². The highest BCUT2D eigenvalue weighted by Crippen LogP contribution is 2.57. The van der Waals surface area contributed by atoms with E-state index in [4.69, 9.17) is 4.74 Å². The third-order valence-electron chi connectivity index (χ3n) is 4.00. The number of aromatic nitrogens is 3. The first-order chi connectivity index (χ1) is 9.58. The number of hydrogen-bond donors (Lipinski definition) is 0. The van der Waals surface area contributed by atoms with Crippen molar-refractivity contribution in [1.29, 1.82) is 0 Å². The van der Waals surface area contributed by atoms with Gasteiger partial charge in [-0.15, -0.1) is 10.2 Å². The van der Waals surface area contributed by atoms with E-state index in [1.54, 1.807) is 13.4 Å². The van der Waals surface area contributed by atoms with Crippen molar-refractivity contribution in [3.8, 4) is 0 Å². The molecule has 0 bridgehead atoms. The molecule has 20 heavy (non-hydrogen) atoms. The van der Waals surface area contributed by atoms with Gasteiger partial charge in [0.1, 0.15) is 11.9 Å². The monoisotopic (exact) mass is 333 g/mol. The van der Waals surface area contributed by atoms with E-state index in [0.29, 0.717) is 0 Å². The van der Waals surface area contributed by atoms with Crippen molar-refractivity contribution >= 4 is 15.9 Å². The molecule has 2 unspecified atom stereocenters. The molecule has 2 atom stereocenters. The molecule has 1 aromatic heterocycles. The van der Waals surface area contributed by atoms with Crippen LogP contribution < -0.4 is 0 Å². The lowest BCUT2D eigenvalue weighted by Gasteiger charge is -2.49. The van der Waals surface area contributed by atoms with Crippen LogP contribution in [0, 0.1) is 0 Å². The van der Waals surface area contributed by atoms with Gasteiger partial charge in [0.25, 0.3) is 0 Å². The maximum atomic E-state index is 5.88. The van der Waals surface area contributed by atoms with Crippen LogP contribution in [-0.2, 0) is 17.4 Å². The molecule has 0 spiro atoms. The van der Waals surface area contributed by atoms with Crippen LogP contribution in [0.4, 0.5) is 0 Å². The summed E-state index contributed by atoms with van der Waals surface area (Å²) < 4.78 is 8.85. The smallest absolute Gasteiger partial charge is 0.166 e. The summed E-state index contributed by atoms with van der Waals surface area (Å²) in [5.74, 6) is 0.949. The zero-order valence-corrected chi connectivity index (χ0v) is 13.1. The summed E-state index contributed by atoms with van der Waals surface area (Å²) in [5.41, 5.74) is 1.87. The van der Waals surface area contributed by atoms with Gasteiger partial charge in [-0.2, -0.15) is 0 Å². The molecular weight excluding hydrogens is 318 g/mol. The number of methoxy groups -OCH3 is 1. The predicted molar refractivity (Wildman–Crippen MR) is 80.3 cm³/mol. The molecule has 0 aliphatic heterocycles. The van der Waals surface area contributed by atoms with Crippen LogP contribution in [0.3, 0.4) is 0 Å². The van der Waals surface area contributed by atoms with Crippen molar-refractivity contribution in [3.63, 3.8) is 0 Å². The second-order valence-corrected chi connectivity index (χ2v) is 6.10. The topological polar surface area (TPSA) is 39.9 Å². The minimum atomic E-state index is -0.469. The molecule has 0 N–H and O–H groups in total. The molecule has 4 nitrogen and oxygen atoms in total. The molecular formula is C15H16BrN3O. The summed E-state index contributed by atoms with van der Waals surface area (Å²) >= 11 is 3.52. The number of halogens is 1. The normalized spacial score (nSPS) is 25.6. The Morgan fingerprint density at radius 2 is 2.30 bits per heavy atom. The Bertz CT molecular complexity index is 667. The Hall–Kier alpha value is -1.46. The van der Waals surface area contributed by atoms with Crippen LogP contribution in [0.25, 0.3) is 0 Å². The van der Waals surface area contributed by atoms with Crippen LogP contribution in [0.2, 0.25) is 0 Å². The first-order valence-corrected chi connectivity index (χ1v) is 7.20. The Morgan fingerprint density at radius 1 is 1.50 bits per heavy atom. The maximum Gasteiger partial charge on any atom is 0.166 e. The van der Waals surface area contributed by atoms with E-state index in [9.17, 15) is 0 Å². The lowest BCUT2D eigenvalue weighted by molar-refractivity contribution is -0.0750. The average molecular weight is 334 g/mol. The second kappa shape index (κ2) is 4.82. The van der Waals surface area contributed by atoms with E-state index in [1.165, 1.54) is 5.56 Å². The van der Waals surface area contributed by atoms with Crippen molar-refractivity contribution in [2.75, 3.05) is 7.11 Å². The molecule has 0 saturated heterocycles. The van der Waals surface area contributed by atoms with E-state index >= 15 is 0 Å². The van der Waals surface area contributed by atoms with Gasteiger partial charge in [0.2, 0.25) is 0 Å². The maximum absolute atomic E-state index is 5.88. The van der Waals surface area contributed by atoms with Crippen LogP contribution in [0.1, 0.15) is 23.7 Å². The third-order valence-corrected chi connectivity index (χ3v) is 4.49. The number of hydrogen-bond acceptors (Lipinski definition) is 3. The molecule has 1 heterocycles. The molecule has 1 aromatic carbocycles. The van der Waals surface area contributed by atoms with E-state index in [-0.39, 0.29) is 5.92 Å². The molecule has 104 valence electrons. The van der Waals surface area contributed by atoms with Crippen molar-refractivity contribution in [2.24, 2.45) is 7.05 Å². The lowest BCUT2D eigenvalue weighted by Crippen LogP contribution is -2.47. The van der Waals surface area contributed by atoms with E-state index < -0.39 is 5.60 Å². The van der Waals surface area contributed by atoms with Gasteiger partial charge in [-0.05, 0) is 17.7 Å². The number of rotatable bonds is 3. The molecule has 5 heteroatoms. The van der Waals surface area contributed by atoms with E-state index in [2.05, 4.69) is 44.8 Å². The van der Waals surface area contributed by atoms with E-state index in [0.717, 1.165) is 22.3 Å². The number of nitrogens with zero attached hydrogens (tertiary/aromatic N) is 3. The Labute approximate surface area is 126 Å². The van der Waals surface area contributed by atoms with Gasteiger partial charge in [-0.3, -0.25) is 0 Å². The van der Waals surface area contributed by atoms with Gasteiger partial charge in [-0.1, -0.05) is 40.2 Å². The molecule has 1 aliphatic rings. The summed E-state index contributed by atoms with van der Waals surface area (Å²) in [4.78, 5) is 0. The van der Waals surface area contributed by atoms with Crippen molar-refractivity contribution in [3.05, 3.63) is 58.6 Å². The quantitative estimate of drug-likeness (QED) is 0.810. The van der Waals surface area contributed by atoms with Crippen LogP contribution >= 0.6 is 15.9 Å². The second-order valence-electron chi connectivity index (χ2n) is 5.18. The summed E-state index contributed by atoms with van der Waals surface area (Å²) in [6, 6.07) is 8.26. The van der Waals surface area contributed by atoms with Gasteiger partial charge < -0.3 is 9.30 Å². The summed E-state index contributed by atoms with van der Waals surface area (Å²) in [7, 11) is 3.67. The minimum absolute atomic E-state index is 0.105. The number of benzene rings is 1. The van der Waals surface area contributed by atoms with Crippen LogP contribution in [0.15, 0.2) is 47.2 Å². The molecule has 1 aliphatic carbocycles. The fourth-order valence-electron chi connectivity index (χ4n) is 3.09. The summed E-state index contributed by atoms with van der Waals surface area (Å²) in [5, 5.41) is 8.23. The summed E-state index contributed by atoms with van der Waals surface area (Å²) in [6.45, 7) is 4.18. The first-order valence-electron chi connectivity index (χ1n) is 6.41. The zero-order valence-electron chi connectivity index (χ0n) is 11.5. The Balaban J connectivity index is 2.09. The fraction of sp³-hybridized carbons (Fsp3) is 0.333. The highest BCUT2D eigenvalue weighted by atomic mass is 79.9. The zero-order chi connectivity index (χ0) is 14.3. The van der Waals surface area contributed by atoms with Gasteiger partial charge in [-0.25, -0.2) is 0 Å². The molecule has 3 rings (SSSR count). The van der Waals surface area contributed by atoms with Gasteiger partial charge in [0.15, 0.2) is 5.82 Å². The lowest BCUT2D eigenvalue weighted by atomic mass is 9.62. The van der Waals surface area contributed by atoms with Crippen molar-refractivity contribution < 1.29 is 4.74 Å². The van der Waals surface area contributed by atoms with Gasteiger partial charge in [0, 0.05) is 31.0 Å². The highest BCUT2D eigenvalue weighted by Gasteiger charge is 2.55. The molecule has 0 amide bonds. The van der Waals surface area contributed by atoms with Crippen molar-refractivity contribution in [2.45, 2.75) is 17.9 Å². The van der Waals surface area contributed by atoms with Crippen molar-refractivity contribution in [1.82, 2.24) is 14.8 Å².